The van der Waals surface area contributed by atoms with E-state index in [1.165, 1.54) is 0 Å². The second kappa shape index (κ2) is 8.40. The van der Waals surface area contributed by atoms with Crippen LogP contribution in [0, 0.1) is 0 Å². The average molecular weight is 332 g/mol. The molecule has 0 aromatic heterocycles. The second-order valence-electron chi connectivity index (χ2n) is 5.07. The van der Waals surface area contributed by atoms with E-state index in [2.05, 4.69) is 5.32 Å². The number of para-hydroxylation sites is 1. The lowest BCUT2D eigenvalue weighted by Crippen LogP contribution is -2.39. The number of hydrogen-bond acceptors (Lipinski definition) is 3. The van der Waals surface area contributed by atoms with Gasteiger partial charge < -0.3 is 15.3 Å². The van der Waals surface area contributed by atoms with E-state index in [4.69, 9.17) is 9.90 Å². The third kappa shape index (κ3) is 6.58. The Morgan fingerprint density at radius 2 is 1.65 bits per heavy atom. The lowest BCUT2D eigenvalue weighted by molar-refractivity contribution is -0.192. The van der Waals surface area contributed by atoms with E-state index < -0.39 is 12.1 Å². The van der Waals surface area contributed by atoms with Gasteiger partial charge in [0, 0.05) is 18.8 Å². The van der Waals surface area contributed by atoms with Crippen LogP contribution in [0.25, 0.3) is 0 Å². The predicted octanol–water partition coefficient (Wildman–Crippen LogP) is 2.74. The summed E-state index contributed by atoms with van der Waals surface area (Å²) in [4.78, 5) is 22.9. The number of nitrogens with zero attached hydrogens (tertiary/aromatic N) is 1. The SMILES string of the molecule is CC(Nc1ccccc1)C(=O)N1CCCC1.O=C(O)C(F)(F)F. The molecule has 1 atom stereocenters. The number of aliphatic carboxylic acids is 1. The van der Waals surface area contributed by atoms with Crippen LogP contribution in [-0.4, -0.2) is 47.2 Å². The van der Waals surface area contributed by atoms with Gasteiger partial charge in [0.05, 0.1) is 0 Å². The molecule has 0 spiro atoms. The van der Waals surface area contributed by atoms with Crippen molar-refractivity contribution in [2.24, 2.45) is 0 Å². The molecule has 0 aliphatic carbocycles. The fraction of sp³-hybridized carbons (Fsp3) is 0.467. The molecular weight excluding hydrogens is 313 g/mol. The van der Waals surface area contributed by atoms with Crippen molar-refractivity contribution in [1.82, 2.24) is 4.90 Å². The van der Waals surface area contributed by atoms with Crippen molar-refractivity contribution in [3.05, 3.63) is 30.3 Å². The molecular formula is C15H19F3N2O3. The zero-order chi connectivity index (χ0) is 17.5. The summed E-state index contributed by atoms with van der Waals surface area (Å²) in [5.74, 6) is -2.55. The van der Waals surface area contributed by atoms with Gasteiger partial charge in [0.1, 0.15) is 6.04 Å². The van der Waals surface area contributed by atoms with E-state index in [0.29, 0.717) is 0 Å². The Morgan fingerprint density at radius 1 is 1.17 bits per heavy atom. The number of carboxylic acid groups (broad SMARTS) is 1. The highest BCUT2D eigenvalue weighted by molar-refractivity contribution is 5.84. The Hall–Kier alpha value is -2.25. The van der Waals surface area contributed by atoms with Crippen molar-refractivity contribution in [3.8, 4) is 0 Å². The molecule has 0 bridgehead atoms. The van der Waals surface area contributed by atoms with Crippen molar-refractivity contribution < 1.29 is 27.9 Å². The summed E-state index contributed by atoms with van der Waals surface area (Å²) in [7, 11) is 0. The first kappa shape index (κ1) is 18.8. The number of alkyl halides is 3. The zero-order valence-electron chi connectivity index (χ0n) is 12.6. The molecule has 1 fully saturated rings. The number of benzene rings is 1. The Kier molecular flexibility index (Phi) is 6.87. The third-order valence-corrected chi connectivity index (χ3v) is 3.19. The fourth-order valence-corrected chi connectivity index (χ4v) is 2.06. The van der Waals surface area contributed by atoms with Crippen LogP contribution in [0.15, 0.2) is 30.3 Å². The van der Waals surface area contributed by atoms with E-state index in [9.17, 15) is 18.0 Å². The maximum atomic E-state index is 12.0. The fourth-order valence-electron chi connectivity index (χ4n) is 2.06. The highest BCUT2D eigenvalue weighted by atomic mass is 19.4. The molecule has 1 saturated heterocycles. The number of hydrogen-bond donors (Lipinski definition) is 2. The normalized spacial score (nSPS) is 15.4. The lowest BCUT2D eigenvalue weighted by Gasteiger charge is -2.21. The molecule has 2 N–H and O–H groups in total. The third-order valence-electron chi connectivity index (χ3n) is 3.19. The number of carbonyl (C=O) groups excluding carboxylic acids is 1. The Balaban J connectivity index is 0.000000322. The molecule has 1 unspecified atom stereocenters. The van der Waals surface area contributed by atoms with Crippen molar-refractivity contribution in [1.29, 1.82) is 0 Å². The molecule has 128 valence electrons. The molecule has 0 radical (unpaired) electrons. The highest BCUT2D eigenvalue weighted by Crippen LogP contribution is 2.13. The quantitative estimate of drug-likeness (QED) is 0.893. The molecule has 1 aromatic rings. The van der Waals surface area contributed by atoms with Crippen LogP contribution in [0.5, 0.6) is 0 Å². The van der Waals surface area contributed by atoms with Crippen LogP contribution >= 0.6 is 0 Å². The molecule has 5 nitrogen and oxygen atoms in total. The van der Waals surface area contributed by atoms with Gasteiger partial charge in [-0.05, 0) is 31.9 Å². The largest absolute Gasteiger partial charge is 0.490 e. The van der Waals surface area contributed by atoms with E-state index in [1.54, 1.807) is 0 Å². The highest BCUT2D eigenvalue weighted by Gasteiger charge is 2.38. The smallest absolute Gasteiger partial charge is 0.475 e. The first-order valence-electron chi connectivity index (χ1n) is 7.12. The Labute approximate surface area is 132 Å². The molecule has 2 rings (SSSR count). The van der Waals surface area contributed by atoms with Gasteiger partial charge in [-0.15, -0.1) is 0 Å². The summed E-state index contributed by atoms with van der Waals surface area (Å²) in [6.07, 6.45) is -2.80. The molecule has 23 heavy (non-hydrogen) atoms. The van der Waals surface area contributed by atoms with Gasteiger partial charge in [-0.2, -0.15) is 13.2 Å². The Morgan fingerprint density at radius 3 is 2.09 bits per heavy atom. The minimum atomic E-state index is -5.08. The second-order valence-corrected chi connectivity index (χ2v) is 5.07. The van der Waals surface area contributed by atoms with E-state index >= 15 is 0 Å². The van der Waals surface area contributed by atoms with Crippen LogP contribution in [0.1, 0.15) is 19.8 Å². The van der Waals surface area contributed by atoms with Gasteiger partial charge in [-0.3, -0.25) is 4.79 Å². The first-order chi connectivity index (χ1) is 10.7. The van der Waals surface area contributed by atoms with Crippen molar-refractivity contribution in [2.75, 3.05) is 18.4 Å². The summed E-state index contributed by atoms with van der Waals surface area (Å²) in [6, 6.07) is 9.73. The maximum Gasteiger partial charge on any atom is 0.490 e. The molecule has 1 amide bonds. The molecule has 1 aliphatic rings. The number of anilines is 1. The maximum absolute atomic E-state index is 12.0. The average Bonchev–Trinajstić information content (AvgIpc) is 3.01. The molecule has 0 saturated carbocycles. The minimum absolute atomic E-state index is 0.138. The number of amides is 1. The van der Waals surface area contributed by atoms with Crippen molar-refractivity contribution >= 4 is 17.6 Å². The van der Waals surface area contributed by atoms with Gasteiger partial charge in [-0.25, -0.2) is 4.79 Å². The number of carboxylic acids is 1. The molecule has 1 aliphatic heterocycles. The summed E-state index contributed by atoms with van der Waals surface area (Å²) >= 11 is 0. The van der Waals surface area contributed by atoms with Crippen molar-refractivity contribution in [2.45, 2.75) is 32.0 Å². The van der Waals surface area contributed by atoms with Crippen LogP contribution in [0.3, 0.4) is 0 Å². The standard InChI is InChI=1S/C13H18N2O.C2HF3O2/c1-11(13(16)15-9-5-6-10-15)14-12-7-3-2-4-8-12;3-2(4,5)1(6)7/h2-4,7-8,11,14H,5-6,9-10H2,1H3;(H,6,7). The van der Waals surface area contributed by atoms with Crippen LogP contribution in [-0.2, 0) is 9.59 Å². The van der Waals surface area contributed by atoms with Crippen LogP contribution < -0.4 is 5.32 Å². The number of rotatable bonds is 3. The monoisotopic (exact) mass is 332 g/mol. The van der Waals surface area contributed by atoms with Gasteiger partial charge >= 0.3 is 12.1 Å². The number of halogens is 3. The first-order valence-corrected chi connectivity index (χ1v) is 7.12. The lowest BCUT2D eigenvalue weighted by atomic mass is 10.2. The number of carbonyl (C=O) groups is 2. The van der Waals surface area contributed by atoms with E-state index in [-0.39, 0.29) is 11.9 Å². The molecule has 1 aromatic carbocycles. The van der Waals surface area contributed by atoms with E-state index in [0.717, 1.165) is 31.6 Å². The van der Waals surface area contributed by atoms with Gasteiger partial charge in [-0.1, -0.05) is 18.2 Å². The number of nitrogens with one attached hydrogen (secondary N) is 1. The summed E-state index contributed by atoms with van der Waals surface area (Å²) in [6.45, 7) is 3.76. The molecule has 8 heteroatoms. The van der Waals surface area contributed by atoms with Crippen molar-refractivity contribution in [3.63, 3.8) is 0 Å². The van der Waals surface area contributed by atoms with Crippen LogP contribution in [0.4, 0.5) is 18.9 Å². The summed E-state index contributed by atoms with van der Waals surface area (Å²) < 4.78 is 31.7. The van der Waals surface area contributed by atoms with Gasteiger partial charge in [0.2, 0.25) is 5.91 Å². The zero-order valence-corrected chi connectivity index (χ0v) is 12.6. The van der Waals surface area contributed by atoms with E-state index in [1.807, 2.05) is 42.2 Å². The van der Waals surface area contributed by atoms with Gasteiger partial charge in [0.25, 0.3) is 0 Å². The van der Waals surface area contributed by atoms with Crippen LogP contribution in [0.2, 0.25) is 0 Å². The summed E-state index contributed by atoms with van der Waals surface area (Å²) in [5.41, 5.74) is 1.00. The topological polar surface area (TPSA) is 69.6 Å². The Bertz CT molecular complexity index is 514. The number of likely N-dealkylation sites (tertiary alicyclic amines) is 1. The molecule has 1 heterocycles. The predicted molar refractivity (Wildman–Crippen MR) is 79.0 cm³/mol. The van der Waals surface area contributed by atoms with Gasteiger partial charge in [0.15, 0.2) is 0 Å². The minimum Gasteiger partial charge on any atom is -0.475 e. The summed E-state index contributed by atoms with van der Waals surface area (Å²) in [5, 5.41) is 10.4.